The lowest BCUT2D eigenvalue weighted by Crippen LogP contribution is -2.38. The van der Waals surface area contributed by atoms with Gasteiger partial charge in [-0.25, -0.2) is 4.68 Å². The van der Waals surface area contributed by atoms with Crippen LogP contribution in [0.3, 0.4) is 0 Å². The van der Waals surface area contributed by atoms with Crippen LogP contribution in [0.25, 0.3) is 10.8 Å². The molecule has 1 aromatic heterocycles. The van der Waals surface area contributed by atoms with E-state index in [4.69, 9.17) is 11.6 Å². The van der Waals surface area contributed by atoms with Gasteiger partial charge in [-0.3, -0.25) is 9.59 Å². The minimum atomic E-state index is -0.316. The lowest BCUT2D eigenvalue weighted by molar-refractivity contribution is -0.117. The first-order valence-corrected chi connectivity index (χ1v) is 10.6. The number of piperidine rings is 1. The van der Waals surface area contributed by atoms with Gasteiger partial charge in [-0.1, -0.05) is 42.8 Å². The number of amides is 1. The van der Waals surface area contributed by atoms with Crippen molar-refractivity contribution in [3.63, 3.8) is 0 Å². The molecule has 156 valence electrons. The van der Waals surface area contributed by atoms with Gasteiger partial charge in [-0.15, -0.1) is 0 Å². The van der Waals surface area contributed by atoms with E-state index < -0.39 is 0 Å². The number of nitrogens with one attached hydrogen (secondary N) is 1. The molecule has 1 N–H and O–H groups in total. The maximum Gasteiger partial charge on any atom is 0.275 e. The number of rotatable bonds is 4. The van der Waals surface area contributed by atoms with Crippen molar-refractivity contribution in [3.8, 4) is 0 Å². The Morgan fingerprint density at radius 1 is 1.23 bits per heavy atom. The summed E-state index contributed by atoms with van der Waals surface area (Å²) in [7, 11) is 0. The highest BCUT2D eigenvalue weighted by Gasteiger charge is 2.22. The van der Waals surface area contributed by atoms with Gasteiger partial charge in [0.1, 0.15) is 6.54 Å². The SMILES string of the molecule is Cc1ccc(Cl)cc1NC(=O)Cn1nc(N2CCC[C@H](C)C2)c2ccccc2c1=O. The van der Waals surface area contributed by atoms with Crippen LogP contribution in [0.4, 0.5) is 11.5 Å². The van der Waals surface area contributed by atoms with Gasteiger partial charge in [-0.05, 0) is 49.4 Å². The zero-order valence-electron chi connectivity index (χ0n) is 17.2. The first kappa shape index (κ1) is 20.4. The molecule has 1 fully saturated rings. The average molecular weight is 425 g/mol. The number of nitrogens with zero attached hydrogens (tertiary/aromatic N) is 3. The predicted molar refractivity (Wildman–Crippen MR) is 121 cm³/mol. The van der Waals surface area contributed by atoms with Crippen LogP contribution in [0.1, 0.15) is 25.3 Å². The molecule has 0 saturated carbocycles. The third-order valence-corrected chi connectivity index (χ3v) is 5.81. The maximum absolute atomic E-state index is 13.0. The van der Waals surface area contributed by atoms with E-state index in [1.807, 2.05) is 31.2 Å². The summed E-state index contributed by atoms with van der Waals surface area (Å²) < 4.78 is 1.27. The van der Waals surface area contributed by atoms with Crippen LogP contribution in [0.5, 0.6) is 0 Å². The smallest absolute Gasteiger partial charge is 0.275 e. The number of carbonyl (C=O) groups excluding carboxylic acids is 1. The summed E-state index contributed by atoms with van der Waals surface area (Å²) >= 11 is 6.05. The van der Waals surface area contributed by atoms with Gasteiger partial charge in [0.2, 0.25) is 5.91 Å². The molecule has 0 spiro atoms. The Morgan fingerprint density at radius 2 is 2.00 bits per heavy atom. The predicted octanol–water partition coefficient (Wildman–Crippen LogP) is 4.23. The van der Waals surface area contributed by atoms with E-state index in [-0.39, 0.29) is 18.0 Å². The summed E-state index contributed by atoms with van der Waals surface area (Å²) in [6.07, 6.45) is 2.28. The fourth-order valence-corrected chi connectivity index (χ4v) is 4.17. The molecule has 7 heteroatoms. The molecule has 1 amide bonds. The van der Waals surface area contributed by atoms with Crippen LogP contribution in [0.15, 0.2) is 47.3 Å². The molecule has 6 nitrogen and oxygen atoms in total. The highest BCUT2D eigenvalue weighted by molar-refractivity contribution is 6.31. The number of aromatic nitrogens is 2. The third-order valence-electron chi connectivity index (χ3n) is 5.57. The van der Waals surface area contributed by atoms with E-state index in [1.165, 1.54) is 11.1 Å². The van der Waals surface area contributed by atoms with E-state index in [0.29, 0.717) is 22.0 Å². The normalized spacial score (nSPS) is 16.6. The number of fused-ring (bicyclic) bond motifs is 1. The Bertz CT molecular complexity index is 1160. The molecule has 0 bridgehead atoms. The molecule has 1 aliphatic rings. The molecule has 30 heavy (non-hydrogen) atoms. The molecule has 3 aromatic rings. The molecule has 0 radical (unpaired) electrons. The zero-order chi connectivity index (χ0) is 21.3. The Labute approximate surface area is 180 Å². The van der Waals surface area contributed by atoms with Gasteiger partial charge in [0.25, 0.3) is 5.56 Å². The van der Waals surface area contributed by atoms with Crippen LogP contribution in [-0.4, -0.2) is 28.8 Å². The molecular weight excluding hydrogens is 400 g/mol. The second kappa shape index (κ2) is 8.48. The van der Waals surface area contributed by atoms with Crippen LogP contribution in [0.2, 0.25) is 5.02 Å². The van der Waals surface area contributed by atoms with Gasteiger partial charge >= 0.3 is 0 Å². The Balaban J connectivity index is 1.68. The minimum Gasteiger partial charge on any atom is -0.354 e. The molecule has 4 rings (SSSR count). The summed E-state index contributed by atoms with van der Waals surface area (Å²) in [5.74, 6) is 1.01. The lowest BCUT2D eigenvalue weighted by Gasteiger charge is -2.32. The monoisotopic (exact) mass is 424 g/mol. The molecular formula is C23H25ClN4O2. The molecule has 0 unspecified atom stereocenters. The zero-order valence-corrected chi connectivity index (χ0v) is 17.9. The summed E-state index contributed by atoms with van der Waals surface area (Å²) in [6.45, 7) is 5.75. The van der Waals surface area contributed by atoms with E-state index in [2.05, 4.69) is 22.2 Å². The summed E-state index contributed by atoms with van der Waals surface area (Å²) in [5.41, 5.74) is 1.26. The summed E-state index contributed by atoms with van der Waals surface area (Å²) in [5, 5.41) is 9.42. The van der Waals surface area contributed by atoms with E-state index in [9.17, 15) is 9.59 Å². The van der Waals surface area contributed by atoms with E-state index in [0.717, 1.165) is 36.3 Å². The molecule has 1 atom stereocenters. The summed E-state index contributed by atoms with van der Waals surface area (Å²) in [6, 6.07) is 12.8. The van der Waals surface area contributed by atoms with E-state index in [1.54, 1.807) is 18.2 Å². The van der Waals surface area contributed by atoms with Crippen LogP contribution < -0.4 is 15.8 Å². The van der Waals surface area contributed by atoms with Gasteiger partial charge in [-0.2, -0.15) is 5.10 Å². The molecule has 1 aliphatic heterocycles. The average Bonchev–Trinajstić information content (AvgIpc) is 2.73. The number of halogens is 1. The van der Waals surface area contributed by atoms with Crippen LogP contribution >= 0.6 is 11.6 Å². The van der Waals surface area contributed by atoms with Crippen LogP contribution in [-0.2, 0) is 11.3 Å². The minimum absolute atomic E-state index is 0.161. The van der Waals surface area contributed by atoms with Crippen molar-refractivity contribution in [1.82, 2.24) is 9.78 Å². The molecule has 1 saturated heterocycles. The second-order valence-electron chi connectivity index (χ2n) is 8.03. The fraction of sp³-hybridized carbons (Fsp3) is 0.348. The third kappa shape index (κ3) is 4.19. The molecule has 2 heterocycles. The number of hydrogen-bond donors (Lipinski definition) is 1. The Kier molecular flexibility index (Phi) is 5.77. The highest BCUT2D eigenvalue weighted by Crippen LogP contribution is 2.27. The number of hydrogen-bond acceptors (Lipinski definition) is 4. The van der Waals surface area contributed by atoms with E-state index >= 15 is 0 Å². The van der Waals surface area contributed by atoms with Crippen molar-refractivity contribution >= 4 is 39.8 Å². The van der Waals surface area contributed by atoms with Gasteiger partial charge < -0.3 is 10.2 Å². The van der Waals surface area contributed by atoms with Crippen molar-refractivity contribution in [2.45, 2.75) is 33.2 Å². The fourth-order valence-electron chi connectivity index (χ4n) is 3.99. The number of anilines is 2. The van der Waals surface area contributed by atoms with Gasteiger partial charge in [0.05, 0.1) is 5.39 Å². The van der Waals surface area contributed by atoms with Gasteiger partial charge in [0, 0.05) is 29.2 Å². The largest absolute Gasteiger partial charge is 0.354 e. The van der Waals surface area contributed by atoms with Crippen molar-refractivity contribution in [3.05, 3.63) is 63.4 Å². The first-order valence-electron chi connectivity index (χ1n) is 10.2. The molecule has 0 aliphatic carbocycles. The number of aryl methyl sites for hydroxylation is 1. The summed E-state index contributed by atoms with van der Waals surface area (Å²) in [4.78, 5) is 28.0. The van der Waals surface area contributed by atoms with Crippen molar-refractivity contribution < 1.29 is 4.79 Å². The topological polar surface area (TPSA) is 67.2 Å². The second-order valence-corrected chi connectivity index (χ2v) is 8.47. The Morgan fingerprint density at radius 3 is 2.77 bits per heavy atom. The lowest BCUT2D eigenvalue weighted by atomic mass is 10.00. The van der Waals surface area contributed by atoms with Crippen molar-refractivity contribution in [2.75, 3.05) is 23.3 Å². The standard InChI is InChI=1S/C23H25ClN4O2/c1-15-6-5-11-27(13-15)22-18-7-3-4-8-19(18)23(30)28(26-22)14-21(29)25-20-12-17(24)10-9-16(20)2/h3-4,7-10,12,15H,5-6,11,13-14H2,1-2H3,(H,25,29)/t15-/m0/s1. The first-order chi connectivity index (χ1) is 14.4. The maximum atomic E-state index is 13.0. The van der Waals surface area contributed by atoms with Crippen LogP contribution in [0, 0.1) is 12.8 Å². The van der Waals surface area contributed by atoms with Gasteiger partial charge in [0.15, 0.2) is 5.82 Å². The number of carbonyl (C=O) groups is 1. The number of benzene rings is 2. The molecule has 2 aromatic carbocycles. The Hall–Kier alpha value is -2.86. The van der Waals surface area contributed by atoms with Crippen molar-refractivity contribution in [1.29, 1.82) is 0 Å². The quantitative estimate of drug-likeness (QED) is 0.680. The highest BCUT2D eigenvalue weighted by atomic mass is 35.5. The van der Waals surface area contributed by atoms with Crippen molar-refractivity contribution in [2.24, 2.45) is 5.92 Å².